The van der Waals surface area contributed by atoms with E-state index >= 15 is 0 Å². The monoisotopic (exact) mass is 295 g/mol. The number of ether oxygens (including phenoxy) is 1. The molecule has 1 fully saturated rings. The van der Waals surface area contributed by atoms with E-state index in [1.165, 1.54) is 0 Å². The Morgan fingerprint density at radius 1 is 1.33 bits per heavy atom. The van der Waals surface area contributed by atoms with E-state index in [0.717, 1.165) is 30.7 Å². The molecule has 1 atom stereocenters. The molecule has 21 heavy (non-hydrogen) atoms. The van der Waals surface area contributed by atoms with E-state index in [1.54, 1.807) is 18.2 Å². The number of piperazine rings is 1. The molecule has 1 heterocycles. The molecule has 1 unspecified atom stereocenters. The first kappa shape index (κ1) is 15.9. The first-order valence-corrected chi connectivity index (χ1v) is 7.36. The lowest BCUT2D eigenvalue weighted by molar-refractivity contribution is -0.916. The van der Waals surface area contributed by atoms with E-state index in [-0.39, 0.29) is 6.61 Å². The highest BCUT2D eigenvalue weighted by Crippen LogP contribution is 2.23. The number of nitrogens with zero attached hydrogens (tertiary/aromatic N) is 2. The van der Waals surface area contributed by atoms with Crippen LogP contribution in [0, 0.1) is 0 Å². The lowest BCUT2D eigenvalue weighted by Gasteiger charge is -2.41. The number of nitrogens with two attached hydrogens (primary N) is 2. The Labute approximate surface area is 126 Å². The number of anilines is 2. The molecule has 1 aromatic rings. The number of benzene rings is 1. The van der Waals surface area contributed by atoms with Crippen LogP contribution in [0.3, 0.4) is 0 Å². The van der Waals surface area contributed by atoms with Gasteiger partial charge in [0.2, 0.25) is 0 Å². The number of hydrogen-bond acceptors (Lipinski definition) is 5. The van der Waals surface area contributed by atoms with E-state index in [0.29, 0.717) is 23.7 Å². The Morgan fingerprint density at radius 2 is 2.00 bits per heavy atom. The lowest BCUT2D eigenvalue weighted by atomic mass is 10.2. The molecule has 1 aliphatic heterocycles. The second kappa shape index (κ2) is 6.51. The Balaban J connectivity index is 1.83. The molecule has 118 valence electrons. The van der Waals surface area contributed by atoms with Crippen LogP contribution < -0.4 is 16.2 Å². The van der Waals surface area contributed by atoms with Crippen molar-refractivity contribution >= 4 is 11.4 Å². The maximum absolute atomic E-state index is 10.2. The first-order chi connectivity index (χ1) is 9.88. The van der Waals surface area contributed by atoms with Crippen molar-refractivity contribution < 1.29 is 14.3 Å². The zero-order valence-corrected chi connectivity index (χ0v) is 13.0. The van der Waals surface area contributed by atoms with E-state index in [2.05, 4.69) is 19.0 Å². The molecule has 1 aromatic carbocycles. The first-order valence-electron chi connectivity index (χ1n) is 7.36. The topological polar surface area (TPSA) is 84.7 Å². The van der Waals surface area contributed by atoms with Gasteiger partial charge in [-0.1, -0.05) is 0 Å². The fourth-order valence-corrected chi connectivity index (χ4v) is 2.68. The van der Waals surface area contributed by atoms with Crippen molar-refractivity contribution in [3.63, 3.8) is 0 Å². The average Bonchev–Trinajstić information content (AvgIpc) is 2.41. The Hall–Kier alpha value is -1.50. The quantitative estimate of drug-likeness (QED) is 0.525. The molecule has 0 amide bonds. The van der Waals surface area contributed by atoms with Crippen molar-refractivity contribution in [2.24, 2.45) is 0 Å². The highest BCUT2D eigenvalue weighted by molar-refractivity contribution is 5.60. The summed E-state index contributed by atoms with van der Waals surface area (Å²) < 4.78 is 6.49. The van der Waals surface area contributed by atoms with Gasteiger partial charge in [-0.3, -0.25) is 4.90 Å². The molecular formula is C15H27N4O2+. The van der Waals surface area contributed by atoms with Crippen molar-refractivity contribution in [1.29, 1.82) is 0 Å². The van der Waals surface area contributed by atoms with Crippen LogP contribution in [0.4, 0.5) is 11.4 Å². The molecule has 0 radical (unpaired) electrons. The largest absolute Gasteiger partial charge is 0.488 e. The Morgan fingerprint density at radius 3 is 2.62 bits per heavy atom. The maximum atomic E-state index is 10.2. The van der Waals surface area contributed by atoms with Crippen molar-refractivity contribution in [3.05, 3.63) is 18.2 Å². The summed E-state index contributed by atoms with van der Waals surface area (Å²) in [6.07, 6.45) is -0.504. The second-order valence-corrected chi connectivity index (χ2v) is 6.31. The Kier molecular flexibility index (Phi) is 4.92. The van der Waals surface area contributed by atoms with Gasteiger partial charge in [0.1, 0.15) is 25.0 Å². The molecule has 0 aromatic heterocycles. The normalized spacial score (nSPS) is 20.1. The third-order valence-corrected chi connectivity index (χ3v) is 4.16. The highest BCUT2D eigenvalue weighted by atomic mass is 16.5. The van der Waals surface area contributed by atoms with E-state index in [4.69, 9.17) is 16.2 Å². The van der Waals surface area contributed by atoms with Crippen LogP contribution in [0.25, 0.3) is 0 Å². The molecule has 0 spiro atoms. The van der Waals surface area contributed by atoms with Gasteiger partial charge in [-0.2, -0.15) is 0 Å². The molecule has 6 heteroatoms. The summed E-state index contributed by atoms with van der Waals surface area (Å²) in [5, 5.41) is 10.2. The lowest BCUT2D eigenvalue weighted by Crippen LogP contribution is -2.59. The smallest absolute Gasteiger partial charge is 0.142 e. The fourth-order valence-electron chi connectivity index (χ4n) is 2.68. The van der Waals surface area contributed by atoms with Crippen LogP contribution in [-0.2, 0) is 0 Å². The highest BCUT2D eigenvalue weighted by Gasteiger charge is 2.29. The number of aliphatic hydroxyl groups is 1. The molecule has 1 aliphatic rings. The van der Waals surface area contributed by atoms with Crippen LogP contribution in [0.5, 0.6) is 5.75 Å². The number of likely N-dealkylation sites (N-methyl/N-ethyl adjacent to an activating group) is 2. The van der Waals surface area contributed by atoms with Crippen LogP contribution in [0.1, 0.15) is 0 Å². The predicted octanol–water partition coefficient (Wildman–Crippen LogP) is -0.0173. The molecule has 1 saturated heterocycles. The third-order valence-electron chi connectivity index (χ3n) is 4.16. The number of rotatable bonds is 5. The van der Waals surface area contributed by atoms with Gasteiger partial charge in [-0.25, -0.2) is 0 Å². The van der Waals surface area contributed by atoms with Crippen molar-refractivity contribution in [3.8, 4) is 5.75 Å². The molecule has 6 nitrogen and oxygen atoms in total. The fraction of sp³-hybridized carbons (Fsp3) is 0.600. The zero-order valence-electron chi connectivity index (χ0n) is 13.0. The number of quaternary nitrogens is 1. The summed E-state index contributed by atoms with van der Waals surface area (Å²) in [4.78, 5) is 2.32. The summed E-state index contributed by atoms with van der Waals surface area (Å²) in [6, 6.07) is 5.14. The molecule has 0 bridgehead atoms. The third kappa shape index (κ3) is 4.49. The van der Waals surface area contributed by atoms with E-state index < -0.39 is 6.10 Å². The Bertz CT molecular complexity index is 473. The predicted molar refractivity (Wildman–Crippen MR) is 85.1 cm³/mol. The zero-order chi connectivity index (χ0) is 15.5. The number of aliphatic hydroxyl groups excluding tert-OH is 1. The summed E-state index contributed by atoms with van der Waals surface area (Å²) in [7, 11) is 4.32. The van der Waals surface area contributed by atoms with Crippen molar-refractivity contribution in [2.75, 3.05) is 64.9 Å². The molecular weight excluding hydrogens is 268 g/mol. The minimum atomic E-state index is -0.504. The number of hydrogen-bond donors (Lipinski definition) is 3. The van der Waals surface area contributed by atoms with Crippen molar-refractivity contribution in [1.82, 2.24) is 4.90 Å². The van der Waals surface area contributed by atoms with E-state index in [9.17, 15) is 5.11 Å². The average molecular weight is 295 g/mol. The summed E-state index contributed by atoms with van der Waals surface area (Å²) >= 11 is 0. The summed E-state index contributed by atoms with van der Waals surface area (Å²) in [5.74, 6) is 0.573. The van der Waals surface area contributed by atoms with Gasteiger partial charge in [0.25, 0.3) is 0 Å². The molecule has 5 N–H and O–H groups in total. The van der Waals surface area contributed by atoms with Gasteiger partial charge in [0.15, 0.2) is 0 Å². The minimum absolute atomic E-state index is 0.248. The molecule has 2 rings (SSSR count). The van der Waals surface area contributed by atoms with Crippen molar-refractivity contribution in [2.45, 2.75) is 6.10 Å². The van der Waals surface area contributed by atoms with Gasteiger partial charge < -0.3 is 25.8 Å². The molecule has 0 aliphatic carbocycles. The van der Waals surface area contributed by atoms with Gasteiger partial charge >= 0.3 is 0 Å². The van der Waals surface area contributed by atoms with Gasteiger partial charge in [0, 0.05) is 18.8 Å². The van der Waals surface area contributed by atoms with Gasteiger partial charge in [-0.05, 0) is 25.2 Å². The standard InChI is InChI=1S/C15H27N4O2/c1-18-5-7-19(2,8-6-18)10-13(20)11-21-15-4-3-12(16)9-14(15)17/h3-4,9,13,20H,5-8,10-11,16-17H2,1-2H3/q+1. The summed E-state index contributed by atoms with van der Waals surface area (Å²) in [5.41, 5.74) is 12.6. The SMILES string of the molecule is CN1CC[N+](C)(CC(O)COc2ccc(N)cc2N)CC1. The van der Waals surface area contributed by atoms with Gasteiger partial charge in [-0.15, -0.1) is 0 Å². The van der Waals surface area contributed by atoms with E-state index in [1.807, 2.05) is 0 Å². The number of nitrogen functional groups attached to an aromatic ring is 2. The maximum Gasteiger partial charge on any atom is 0.142 e. The summed E-state index contributed by atoms with van der Waals surface area (Å²) in [6.45, 7) is 5.18. The second-order valence-electron chi connectivity index (χ2n) is 6.31. The minimum Gasteiger partial charge on any atom is -0.488 e. The molecule has 0 saturated carbocycles. The van der Waals surface area contributed by atoms with Crippen LogP contribution in [0.15, 0.2) is 18.2 Å². The van der Waals surface area contributed by atoms with Crippen LogP contribution in [0.2, 0.25) is 0 Å². The van der Waals surface area contributed by atoms with Gasteiger partial charge in [0.05, 0.1) is 25.8 Å². The van der Waals surface area contributed by atoms with Crippen LogP contribution >= 0.6 is 0 Å². The van der Waals surface area contributed by atoms with Crippen LogP contribution in [-0.4, -0.2) is 74.0 Å².